The van der Waals surface area contributed by atoms with Crippen molar-refractivity contribution in [2.75, 3.05) is 0 Å². The van der Waals surface area contributed by atoms with E-state index in [4.69, 9.17) is 5.73 Å². The Morgan fingerprint density at radius 2 is 1.48 bits per heavy atom. The zero-order chi connectivity index (χ0) is 18.3. The number of rotatable bonds is 14. The summed E-state index contributed by atoms with van der Waals surface area (Å²) in [5.41, 5.74) is 6.42. The Bertz CT molecular complexity index is 488. The Kier molecular flexibility index (Phi) is 11.4. The quantitative estimate of drug-likeness (QED) is 0.497. The number of nitrogens with two attached hydrogens (primary N) is 1. The van der Waals surface area contributed by atoms with Crippen LogP contribution in [0.15, 0.2) is 30.3 Å². The molecule has 1 aromatic rings. The first-order valence-electron chi connectivity index (χ1n) is 9.76. The highest BCUT2D eigenvalue weighted by Gasteiger charge is 2.18. The van der Waals surface area contributed by atoms with Crippen LogP contribution in [0.3, 0.4) is 0 Å². The largest absolute Gasteiger partial charge is 0.368 e. The first-order chi connectivity index (χ1) is 12.1. The lowest BCUT2D eigenvalue weighted by atomic mass is 10.0. The number of hydrogen-bond donors (Lipinski definition) is 2. The number of nitrogens with one attached hydrogen (secondary N) is 1. The molecule has 0 aliphatic heterocycles. The van der Waals surface area contributed by atoms with Crippen molar-refractivity contribution in [3.05, 3.63) is 35.9 Å². The molecule has 4 nitrogen and oxygen atoms in total. The Hall–Kier alpha value is -1.84. The van der Waals surface area contributed by atoms with Gasteiger partial charge in [-0.1, -0.05) is 88.6 Å². The lowest BCUT2D eigenvalue weighted by Crippen LogP contribution is -2.45. The van der Waals surface area contributed by atoms with E-state index in [0.29, 0.717) is 12.8 Å². The summed E-state index contributed by atoms with van der Waals surface area (Å²) in [7, 11) is 0. The van der Waals surface area contributed by atoms with Crippen molar-refractivity contribution >= 4 is 11.8 Å². The maximum Gasteiger partial charge on any atom is 0.240 e. The SMILES string of the molecule is CCCCCCCCCCCC(=O)NC(Cc1ccccc1)C(N)=O. The molecule has 0 saturated carbocycles. The summed E-state index contributed by atoms with van der Waals surface area (Å²) in [5, 5.41) is 2.78. The highest BCUT2D eigenvalue weighted by atomic mass is 16.2. The number of amides is 2. The molecule has 0 spiro atoms. The molecule has 1 rings (SSSR count). The molecule has 0 heterocycles. The van der Waals surface area contributed by atoms with Crippen LogP contribution in [0.4, 0.5) is 0 Å². The minimum atomic E-state index is -0.631. The van der Waals surface area contributed by atoms with E-state index in [2.05, 4.69) is 12.2 Å². The third-order valence-electron chi connectivity index (χ3n) is 4.47. The summed E-state index contributed by atoms with van der Waals surface area (Å²) < 4.78 is 0. The zero-order valence-corrected chi connectivity index (χ0v) is 15.6. The van der Waals surface area contributed by atoms with Gasteiger partial charge in [-0.05, 0) is 12.0 Å². The summed E-state index contributed by atoms with van der Waals surface area (Å²) in [6.45, 7) is 2.23. The van der Waals surface area contributed by atoms with E-state index in [-0.39, 0.29) is 5.91 Å². The van der Waals surface area contributed by atoms with Gasteiger partial charge in [0.1, 0.15) is 6.04 Å². The smallest absolute Gasteiger partial charge is 0.240 e. The van der Waals surface area contributed by atoms with Gasteiger partial charge in [0.15, 0.2) is 0 Å². The van der Waals surface area contributed by atoms with Crippen molar-refractivity contribution in [3.63, 3.8) is 0 Å². The van der Waals surface area contributed by atoms with E-state index in [1.165, 1.54) is 44.9 Å². The van der Waals surface area contributed by atoms with Crippen LogP contribution in [0.2, 0.25) is 0 Å². The van der Waals surface area contributed by atoms with Gasteiger partial charge in [-0.3, -0.25) is 9.59 Å². The molecule has 25 heavy (non-hydrogen) atoms. The number of carbonyl (C=O) groups is 2. The Labute approximate surface area is 152 Å². The van der Waals surface area contributed by atoms with Gasteiger partial charge in [-0.25, -0.2) is 0 Å². The topological polar surface area (TPSA) is 72.2 Å². The Balaban J connectivity index is 2.15. The number of hydrogen-bond acceptors (Lipinski definition) is 2. The van der Waals surface area contributed by atoms with Crippen molar-refractivity contribution in [2.45, 2.75) is 83.6 Å². The van der Waals surface area contributed by atoms with E-state index < -0.39 is 11.9 Å². The van der Waals surface area contributed by atoms with Gasteiger partial charge >= 0.3 is 0 Å². The molecular weight excluding hydrogens is 312 g/mol. The minimum absolute atomic E-state index is 0.0809. The van der Waals surface area contributed by atoms with Crippen LogP contribution in [0.25, 0.3) is 0 Å². The van der Waals surface area contributed by atoms with Gasteiger partial charge in [0, 0.05) is 12.8 Å². The van der Waals surface area contributed by atoms with Gasteiger partial charge < -0.3 is 11.1 Å². The predicted octanol–water partition coefficient (Wildman–Crippen LogP) is 4.12. The highest BCUT2D eigenvalue weighted by Crippen LogP contribution is 2.10. The molecule has 0 bridgehead atoms. The standard InChI is InChI=1S/C21H34N2O2/c1-2-3-4-5-6-7-8-9-13-16-20(24)23-19(21(22)25)17-18-14-11-10-12-15-18/h10-12,14-15,19H,2-9,13,16-17H2,1H3,(H2,22,25)(H,23,24). The van der Waals surface area contributed by atoms with E-state index in [1.54, 1.807) is 0 Å². The molecule has 0 aromatic heterocycles. The van der Waals surface area contributed by atoms with E-state index in [0.717, 1.165) is 18.4 Å². The number of benzene rings is 1. The van der Waals surface area contributed by atoms with Crippen molar-refractivity contribution < 1.29 is 9.59 Å². The van der Waals surface area contributed by atoms with Crippen LogP contribution < -0.4 is 11.1 Å². The van der Waals surface area contributed by atoms with E-state index in [9.17, 15) is 9.59 Å². The predicted molar refractivity (Wildman–Crippen MR) is 103 cm³/mol. The molecule has 4 heteroatoms. The van der Waals surface area contributed by atoms with Gasteiger partial charge in [0.05, 0.1) is 0 Å². The first-order valence-corrected chi connectivity index (χ1v) is 9.76. The zero-order valence-electron chi connectivity index (χ0n) is 15.6. The fourth-order valence-electron chi connectivity index (χ4n) is 2.94. The summed E-state index contributed by atoms with van der Waals surface area (Å²) in [6, 6.07) is 8.99. The summed E-state index contributed by atoms with van der Waals surface area (Å²) in [6.07, 6.45) is 11.9. The summed E-state index contributed by atoms with van der Waals surface area (Å²) in [4.78, 5) is 23.6. The normalized spacial score (nSPS) is 11.9. The molecule has 0 saturated heterocycles. The Morgan fingerprint density at radius 1 is 0.920 bits per heavy atom. The number of primary amides is 1. The Morgan fingerprint density at radius 3 is 2.04 bits per heavy atom. The fraction of sp³-hybridized carbons (Fsp3) is 0.619. The highest BCUT2D eigenvalue weighted by molar-refractivity contribution is 5.86. The van der Waals surface area contributed by atoms with Crippen molar-refractivity contribution in [2.24, 2.45) is 5.73 Å². The van der Waals surface area contributed by atoms with Crippen LogP contribution in [0.5, 0.6) is 0 Å². The average molecular weight is 347 g/mol. The van der Waals surface area contributed by atoms with Crippen LogP contribution >= 0.6 is 0 Å². The minimum Gasteiger partial charge on any atom is -0.368 e. The van der Waals surface area contributed by atoms with Crippen LogP contribution in [-0.4, -0.2) is 17.9 Å². The maximum atomic E-state index is 12.0. The molecule has 140 valence electrons. The van der Waals surface area contributed by atoms with Crippen LogP contribution in [0.1, 0.15) is 76.7 Å². The number of unbranched alkanes of at least 4 members (excludes halogenated alkanes) is 8. The molecule has 0 aliphatic rings. The maximum absolute atomic E-state index is 12.0. The molecular formula is C21H34N2O2. The third kappa shape index (κ3) is 10.6. The molecule has 2 amide bonds. The second-order valence-electron chi connectivity index (χ2n) is 6.79. The van der Waals surface area contributed by atoms with Gasteiger partial charge in [-0.15, -0.1) is 0 Å². The monoisotopic (exact) mass is 346 g/mol. The molecule has 0 aliphatic carbocycles. The molecule has 1 unspecified atom stereocenters. The van der Waals surface area contributed by atoms with Gasteiger partial charge in [0.25, 0.3) is 0 Å². The van der Waals surface area contributed by atoms with E-state index >= 15 is 0 Å². The summed E-state index contributed by atoms with van der Waals surface area (Å²) in [5.74, 6) is -0.563. The second-order valence-corrected chi connectivity index (χ2v) is 6.79. The lowest BCUT2D eigenvalue weighted by molar-refractivity contribution is -0.127. The third-order valence-corrected chi connectivity index (χ3v) is 4.47. The fourth-order valence-corrected chi connectivity index (χ4v) is 2.94. The van der Waals surface area contributed by atoms with E-state index in [1.807, 2.05) is 30.3 Å². The molecule has 1 aromatic carbocycles. The van der Waals surface area contributed by atoms with Crippen molar-refractivity contribution in [3.8, 4) is 0 Å². The van der Waals surface area contributed by atoms with Crippen molar-refractivity contribution in [1.82, 2.24) is 5.32 Å². The second kappa shape index (κ2) is 13.5. The summed E-state index contributed by atoms with van der Waals surface area (Å²) >= 11 is 0. The average Bonchev–Trinajstić information content (AvgIpc) is 2.60. The first kappa shape index (κ1) is 21.2. The van der Waals surface area contributed by atoms with Gasteiger partial charge in [0.2, 0.25) is 11.8 Å². The molecule has 0 fully saturated rings. The van der Waals surface area contributed by atoms with Crippen LogP contribution in [-0.2, 0) is 16.0 Å². The number of carbonyl (C=O) groups excluding carboxylic acids is 2. The molecule has 0 radical (unpaired) electrons. The van der Waals surface area contributed by atoms with Crippen molar-refractivity contribution in [1.29, 1.82) is 0 Å². The van der Waals surface area contributed by atoms with Crippen LogP contribution in [0, 0.1) is 0 Å². The lowest BCUT2D eigenvalue weighted by Gasteiger charge is -2.15. The molecule has 1 atom stereocenters. The molecule has 3 N–H and O–H groups in total. The van der Waals surface area contributed by atoms with Gasteiger partial charge in [-0.2, -0.15) is 0 Å².